The number of halogens is 2. The maximum atomic E-state index is 13.2. The third-order valence-corrected chi connectivity index (χ3v) is 3.83. The number of carbonyl (C=O) groups excluding carboxylic acids is 1. The summed E-state index contributed by atoms with van der Waals surface area (Å²) in [4.78, 5) is 12.2. The van der Waals surface area contributed by atoms with Gasteiger partial charge in [0.1, 0.15) is 5.82 Å². The Balaban J connectivity index is 1.95. The van der Waals surface area contributed by atoms with Crippen LogP contribution in [-0.2, 0) is 6.54 Å². The van der Waals surface area contributed by atoms with Crippen molar-refractivity contribution in [3.05, 3.63) is 70.6 Å². The maximum Gasteiger partial charge on any atom is 0.182 e. The van der Waals surface area contributed by atoms with Gasteiger partial charge in [0.05, 0.1) is 6.54 Å². The van der Waals surface area contributed by atoms with Crippen LogP contribution in [0.5, 0.6) is 0 Å². The Bertz CT molecular complexity index is 794. The van der Waals surface area contributed by atoms with Gasteiger partial charge in [-0.3, -0.25) is 4.79 Å². The summed E-state index contributed by atoms with van der Waals surface area (Å²) in [6, 6.07) is 13.6. The first kappa shape index (κ1) is 13.1. The van der Waals surface area contributed by atoms with Crippen molar-refractivity contribution >= 4 is 32.6 Å². The van der Waals surface area contributed by atoms with E-state index in [2.05, 4.69) is 15.9 Å². The lowest BCUT2D eigenvalue weighted by Gasteiger charge is -2.05. The van der Waals surface area contributed by atoms with Crippen LogP contribution in [0.2, 0.25) is 0 Å². The maximum absolute atomic E-state index is 13.2. The lowest BCUT2D eigenvalue weighted by Crippen LogP contribution is -2.09. The van der Waals surface area contributed by atoms with Gasteiger partial charge < -0.3 is 4.57 Å². The number of aromatic nitrogens is 1. The number of rotatable bonds is 3. The van der Waals surface area contributed by atoms with Crippen molar-refractivity contribution in [2.24, 2.45) is 0 Å². The first-order valence-electron chi connectivity index (χ1n) is 6.17. The number of para-hydroxylation sites is 1. The van der Waals surface area contributed by atoms with Crippen LogP contribution in [0.3, 0.4) is 0 Å². The zero-order valence-corrected chi connectivity index (χ0v) is 12.1. The van der Waals surface area contributed by atoms with Gasteiger partial charge in [0, 0.05) is 27.1 Å². The molecule has 0 aliphatic rings. The smallest absolute Gasteiger partial charge is 0.182 e. The van der Waals surface area contributed by atoms with Crippen molar-refractivity contribution in [2.75, 3.05) is 0 Å². The van der Waals surface area contributed by atoms with Gasteiger partial charge in [0.25, 0.3) is 0 Å². The van der Waals surface area contributed by atoms with Gasteiger partial charge >= 0.3 is 0 Å². The second kappa shape index (κ2) is 5.21. The van der Waals surface area contributed by atoms with E-state index in [1.165, 1.54) is 12.1 Å². The molecule has 0 radical (unpaired) electrons. The van der Waals surface area contributed by atoms with Crippen molar-refractivity contribution in [1.82, 2.24) is 4.57 Å². The zero-order valence-electron chi connectivity index (χ0n) is 10.5. The molecule has 0 aliphatic carbocycles. The van der Waals surface area contributed by atoms with Crippen LogP contribution in [-0.4, -0.2) is 10.4 Å². The van der Waals surface area contributed by atoms with Crippen LogP contribution < -0.4 is 0 Å². The van der Waals surface area contributed by atoms with Crippen LogP contribution in [0.15, 0.2) is 59.2 Å². The van der Waals surface area contributed by atoms with Gasteiger partial charge in [-0.1, -0.05) is 30.3 Å². The number of nitrogens with zero attached hydrogens (tertiary/aromatic N) is 1. The van der Waals surface area contributed by atoms with E-state index in [4.69, 9.17) is 0 Å². The number of hydrogen-bond acceptors (Lipinski definition) is 1. The van der Waals surface area contributed by atoms with Crippen LogP contribution >= 0.6 is 15.9 Å². The monoisotopic (exact) mass is 331 g/mol. The van der Waals surface area contributed by atoms with Crippen molar-refractivity contribution in [3.8, 4) is 0 Å². The normalized spacial score (nSPS) is 10.9. The Labute approximate surface area is 124 Å². The molecular weight excluding hydrogens is 321 g/mol. The van der Waals surface area contributed by atoms with E-state index in [1.54, 1.807) is 12.1 Å². The molecule has 20 heavy (non-hydrogen) atoms. The summed E-state index contributed by atoms with van der Waals surface area (Å²) < 4.78 is 16.0. The molecule has 0 N–H and O–H groups in total. The second-order valence-electron chi connectivity index (χ2n) is 4.56. The Kier molecular flexibility index (Phi) is 3.40. The third kappa shape index (κ3) is 2.39. The Hall–Kier alpha value is -1.94. The minimum absolute atomic E-state index is 0.113. The summed E-state index contributed by atoms with van der Waals surface area (Å²) in [6.07, 6.45) is 1.88. The molecule has 100 valence electrons. The molecule has 0 aliphatic heterocycles. The van der Waals surface area contributed by atoms with E-state index < -0.39 is 5.82 Å². The third-order valence-electron chi connectivity index (χ3n) is 3.20. The summed E-state index contributed by atoms with van der Waals surface area (Å²) in [5.74, 6) is -0.507. The Morgan fingerprint density at radius 1 is 1.15 bits per heavy atom. The minimum atomic E-state index is -0.394. The topological polar surface area (TPSA) is 22.0 Å². The van der Waals surface area contributed by atoms with Crippen molar-refractivity contribution in [1.29, 1.82) is 0 Å². The predicted molar refractivity (Wildman–Crippen MR) is 80.4 cm³/mol. The highest BCUT2D eigenvalue weighted by atomic mass is 79.9. The SMILES string of the molecule is O=C(Cn1cc(Br)c2ccccc21)c1cccc(F)c1. The molecule has 0 saturated carbocycles. The average Bonchev–Trinajstić information content (AvgIpc) is 2.76. The number of ketones is 1. The van der Waals surface area contributed by atoms with E-state index in [9.17, 15) is 9.18 Å². The molecule has 0 saturated heterocycles. The number of hydrogen-bond donors (Lipinski definition) is 0. The average molecular weight is 332 g/mol. The minimum Gasteiger partial charge on any atom is -0.338 e. The van der Waals surface area contributed by atoms with E-state index in [-0.39, 0.29) is 12.3 Å². The van der Waals surface area contributed by atoms with Crippen LogP contribution in [0.4, 0.5) is 4.39 Å². The molecule has 0 amide bonds. The fraction of sp³-hybridized carbons (Fsp3) is 0.0625. The van der Waals surface area contributed by atoms with Gasteiger partial charge in [0.2, 0.25) is 0 Å². The molecule has 0 unspecified atom stereocenters. The largest absolute Gasteiger partial charge is 0.338 e. The molecule has 2 aromatic carbocycles. The van der Waals surface area contributed by atoms with Crippen molar-refractivity contribution in [2.45, 2.75) is 6.54 Å². The van der Waals surface area contributed by atoms with E-state index >= 15 is 0 Å². The number of carbonyl (C=O) groups is 1. The molecular formula is C16H11BrFNO. The van der Waals surface area contributed by atoms with Crippen molar-refractivity contribution in [3.63, 3.8) is 0 Å². The molecule has 3 aromatic rings. The molecule has 3 rings (SSSR count). The molecule has 0 atom stereocenters. The predicted octanol–water partition coefficient (Wildman–Crippen LogP) is 4.43. The van der Waals surface area contributed by atoms with Gasteiger partial charge in [-0.05, 0) is 34.1 Å². The highest BCUT2D eigenvalue weighted by Gasteiger charge is 2.11. The lowest BCUT2D eigenvalue weighted by molar-refractivity contribution is 0.0973. The molecule has 1 aromatic heterocycles. The lowest BCUT2D eigenvalue weighted by atomic mass is 10.1. The van der Waals surface area contributed by atoms with Crippen LogP contribution in [0.1, 0.15) is 10.4 Å². The highest BCUT2D eigenvalue weighted by Crippen LogP contribution is 2.26. The second-order valence-corrected chi connectivity index (χ2v) is 5.41. The molecule has 4 heteroatoms. The molecule has 1 heterocycles. The molecule has 2 nitrogen and oxygen atoms in total. The van der Waals surface area contributed by atoms with Gasteiger partial charge in [-0.2, -0.15) is 0 Å². The standard InChI is InChI=1S/C16H11BrFNO/c17-14-9-19(15-7-2-1-6-13(14)15)10-16(20)11-4-3-5-12(18)8-11/h1-9H,10H2. The van der Waals surface area contributed by atoms with Gasteiger partial charge in [-0.25, -0.2) is 4.39 Å². The Morgan fingerprint density at radius 3 is 2.75 bits per heavy atom. The van der Waals surface area contributed by atoms with Crippen LogP contribution in [0, 0.1) is 5.82 Å². The highest BCUT2D eigenvalue weighted by molar-refractivity contribution is 9.10. The van der Waals surface area contributed by atoms with Gasteiger partial charge in [0.15, 0.2) is 5.78 Å². The van der Waals surface area contributed by atoms with Gasteiger partial charge in [-0.15, -0.1) is 0 Å². The Morgan fingerprint density at radius 2 is 1.95 bits per heavy atom. The number of benzene rings is 2. The van der Waals surface area contributed by atoms with Crippen molar-refractivity contribution < 1.29 is 9.18 Å². The molecule has 0 fully saturated rings. The summed E-state index contributed by atoms with van der Waals surface area (Å²) in [5.41, 5.74) is 1.36. The summed E-state index contributed by atoms with van der Waals surface area (Å²) in [7, 11) is 0. The number of fused-ring (bicyclic) bond motifs is 1. The number of Topliss-reactive ketones (excluding diaryl/α,β-unsaturated/α-hetero) is 1. The van der Waals surface area contributed by atoms with Crippen LogP contribution in [0.25, 0.3) is 10.9 Å². The zero-order chi connectivity index (χ0) is 14.1. The summed E-state index contributed by atoms with van der Waals surface area (Å²) in [5, 5.41) is 1.06. The summed E-state index contributed by atoms with van der Waals surface area (Å²) >= 11 is 3.48. The quantitative estimate of drug-likeness (QED) is 0.651. The first-order chi connectivity index (χ1) is 9.65. The fourth-order valence-electron chi connectivity index (χ4n) is 2.24. The first-order valence-corrected chi connectivity index (χ1v) is 6.96. The summed E-state index contributed by atoms with van der Waals surface area (Å²) in [6.45, 7) is 0.190. The van der Waals surface area contributed by atoms with E-state index in [1.807, 2.05) is 35.0 Å². The van der Waals surface area contributed by atoms with E-state index in [0.717, 1.165) is 15.4 Å². The fourth-order valence-corrected chi connectivity index (χ4v) is 2.82. The molecule has 0 bridgehead atoms. The molecule has 0 spiro atoms. The van der Waals surface area contributed by atoms with E-state index in [0.29, 0.717) is 5.56 Å².